The van der Waals surface area contributed by atoms with E-state index in [1.165, 1.54) is 11.8 Å². The molecule has 0 spiro atoms. The van der Waals surface area contributed by atoms with Gasteiger partial charge in [0.2, 0.25) is 5.16 Å². The Labute approximate surface area is 168 Å². The fourth-order valence-electron chi connectivity index (χ4n) is 2.82. The van der Waals surface area contributed by atoms with Gasteiger partial charge in [0.25, 0.3) is 0 Å². The molecule has 7 nitrogen and oxygen atoms in total. The average molecular weight is 403 g/mol. The number of fused-ring (bicyclic) bond motifs is 1. The van der Waals surface area contributed by atoms with Crippen molar-refractivity contribution in [2.45, 2.75) is 10.2 Å². The molecule has 0 aliphatic rings. The summed E-state index contributed by atoms with van der Waals surface area (Å²) in [4.78, 5) is 14.9. The van der Waals surface area contributed by atoms with Crippen molar-refractivity contribution in [1.82, 2.24) is 35.2 Å². The van der Waals surface area contributed by atoms with Gasteiger partial charge in [0.15, 0.2) is 5.82 Å². The van der Waals surface area contributed by atoms with Crippen LogP contribution in [-0.2, 0) is 7.05 Å². The minimum absolute atomic E-state index is 0.590. The number of rotatable bonds is 4. The normalized spacial score (nSPS) is 11.2. The minimum Gasteiger partial charge on any atom is -0.253 e. The second-order valence-electron chi connectivity index (χ2n) is 5.95. The zero-order valence-electron chi connectivity index (χ0n) is 14.7. The van der Waals surface area contributed by atoms with Gasteiger partial charge in [-0.15, -0.1) is 16.4 Å². The highest BCUT2D eigenvalue weighted by Gasteiger charge is 2.19. The van der Waals surface area contributed by atoms with E-state index in [0.717, 1.165) is 32.1 Å². The summed E-state index contributed by atoms with van der Waals surface area (Å²) in [6, 6.07) is 16.0. The first-order chi connectivity index (χ1) is 13.8. The quantitative estimate of drug-likeness (QED) is 0.418. The molecule has 0 unspecified atom stereocenters. The molecule has 0 fully saturated rings. The van der Waals surface area contributed by atoms with Crippen LogP contribution in [0, 0.1) is 0 Å². The van der Waals surface area contributed by atoms with E-state index in [-0.39, 0.29) is 0 Å². The Balaban J connectivity index is 1.74. The molecule has 0 saturated heterocycles. The van der Waals surface area contributed by atoms with Crippen molar-refractivity contribution in [2.24, 2.45) is 7.05 Å². The van der Waals surface area contributed by atoms with Gasteiger partial charge in [-0.1, -0.05) is 36.4 Å². The van der Waals surface area contributed by atoms with Crippen molar-refractivity contribution in [3.63, 3.8) is 0 Å². The molecule has 0 saturated carbocycles. The van der Waals surface area contributed by atoms with Crippen LogP contribution in [-0.4, -0.2) is 35.2 Å². The molecule has 0 bridgehead atoms. The van der Waals surface area contributed by atoms with E-state index in [9.17, 15) is 0 Å². The summed E-state index contributed by atoms with van der Waals surface area (Å²) >= 11 is 3.03. The van der Waals surface area contributed by atoms with Crippen molar-refractivity contribution in [3.8, 4) is 22.6 Å². The van der Waals surface area contributed by atoms with Gasteiger partial charge in [0, 0.05) is 24.2 Å². The maximum atomic E-state index is 4.83. The van der Waals surface area contributed by atoms with Gasteiger partial charge < -0.3 is 0 Å². The predicted molar refractivity (Wildman–Crippen MR) is 109 cm³/mol. The number of aryl methyl sites for hydroxylation is 1. The van der Waals surface area contributed by atoms with Gasteiger partial charge in [-0.3, -0.25) is 4.98 Å². The average Bonchev–Trinajstić information content (AvgIpc) is 3.36. The summed E-state index contributed by atoms with van der Waals surface area (Å²) in [5.74, 6) is 0.590. The van der Waals surface area contributed by atoms with Gasteiger partial charge in [-0.05, 0) is 39.9 Å². The van der Waals surface area contributed by atoms with Crippen molar-refractivity contribution in [1.29, 1.82) is 0 Å². The molecular formula is C19H13N7S2. The Morgan fingerprint density at radius 1 is 1.00 bits per heavy atom. The first-order valence-electron chi connectivity index (χ1n) is 8.46. The van der Waals surface area contributed by atoms with Gasteiger partial charge in [0.05, 0.1) is 5.39 Å². The van der Waals surface area contributed by atoms with E-state index < -0.39 is 0 Å². The number of thiophene rings is 1. The fourth-order valence-corrected chi connectivity index (χ4v) is 4.69. The molecule has 136 valence electrons. The predicted octanol–water partition coefficient (Wildman–Crippen LogP) is 4.10. The highest BCUT2D eigenvalue weighted by Crippen LogP contribution is 2.40. The van der Waals surface area contributed by atoms with Crippen LogP contribution in [0.4, 0.5) is 0 Å². The highest BCUT2D eigenvalue weighted by molar-refractivity contribution is 7.99. The van der Waals surface area contributed by atoms with Crippen LogP contribution in [0.1, 0.15) is 0 Å². The maximum absolute atomic E-state index is 4.83. The van der Waals surface area contributed by atoms with Crippen LogP contribution in [0.15, 0.2) is 70.3 Å². The molecule has 4 aromatic heterocycles. The molecule has 0 atom stereocenters. The van der Waals surface area contributed by atoms with Crippen molar-refractivity contribution < 1.29 is 0 Å². The van der Waals surface area contributed by atoms with E-state index in [1.54, 1.807) is 22.2 Å². The molecule has 28 heavy (non-hydrogen) atoms. The number of hydrogen-bond donors (Lipinski definition) is 0. The monoisotopic (exact) mass is 403 g/mol. The van der Waals surface area contributed by atoms with Gasteiger partial charge in [-0.2, -0.15) is 0 Å². The summed E-state index contributed by atoms with van der Waals surface area (Å²) in [5.41, 5.74) is 2.96. The van der Waals surface area contributed by atoms with Crippen molar-refractivity contribution >= 4 is 33.3 Å². The molecule has 0 aliphatic carbocycles. The summed E-state index contributed by atoms with van der Waals surface area (Å²) in [6.45, 7) is 0. The maximum Gasteiger partial charge on any atom is 0.215 e. The van der Waals surface area contributed by atoms with Crippen LogP contribution in [0.5, 0.6) is 0 Å². The van der Waals surface area contributed by atoms with Crippen LogP contribution in [0.25, 0.3) is 32.9 Å². The van der Waals surface area contributed by atoms with Crippen LogP contribution < -0.4 is 0 Å². The number of pyridine rings is 1. The van der Waals surface area contributed by atoms with E-state index in [0.29, 0.717) is 11.0 Å². The number of nitrogens with zero attached hydrogens (tertiary/aromatic N) is 7. The Hall–Kier alpha value is -3.17. The van der Waals surface area contributed by atoms with E-state index in [2.05, 4.69) is 38.0 Å². The molecule has 0 amide bonds. The Kier molecular flexibility index (Phi) is 4.30. The Morgan fingerprint density at radius 2 is 1.86 bits per heavy atom. The zero-order chi connectivity index (χ0) is 18.9. The number of hydrogen-bond acceptors (Lipinski definition) is 8. The van der Waals surface area contributed by atoms with Crippen LogP contribution in [0.2, 0.25) is 0 Å². The summed E-state index contributed by atoms with van der Waals surface area (Å²) < 4.78 is 1.63. The molecule has 0 radical (unpaired) electrons. The van der Waals surface area contributed by atoms with E-state index in [4.69, 9.17) is 9.97 Å². The summed E-state index contributed by atoms with van der Waals surface area (Å²) in [7, 11) is 1.81. The third kappa shape index (κ3) is 3.04. The Morgan fingerprint density at radius 3 is 2.61 bits per heavy atom. The number of benzene rings is 1. The molecule has 4 heterocycles. The minimum atomic E-state index is 0.590. The summed E-state index contributed by atoms with van der Waals surface area (Å²) in [6.07, 6.45) is 1.74. The highest BCUT2D eigenvalue weighted by atomic mass is 32.2. The van der Waals surface area contributed by atoms with Crippen LogP contribution >= 0.6 is 23.1 Å². The SMILES string of the molecule is Cn1nnnc1Sc1nc(-c2ccccn2)nc2scc(-c3ccccc3)c12. The largest absolute Gasteiger partial charge is 0.253 e. The lowest BCUT2D eigenvalue weighted by Gasteiger charge is -2.07. The molecular weight excluding hydrogens is 390 g/mol. The standard InChI is InChI=1S/C19H13N7S2/c1-26-19(23-24-25-26)28-18-15-13(12-7-3-2-4-8-12)11-27-17(15)21-16(22-18)14-9-5-6-10-20-14/h2-11H,1H3. The zero-order valence-corrected chi connectivity index (χ0v) is 16.4. The van der Waals surface area contributed by atoms with Gasteiger partial charge in [0.1, 0.15) is 15.6 Å². The number of tetrazole rings is 1. The molecule has 0 aliphatic heterocycles. The molecule has 1 aromatic carbocycles. The van der Waals surface area contributed by atoms with Gasteiger partial charge in [-0.25, -0.2) is 14.6 Å². The molecule has 9 heteroatoms. The van der Waals surface area contributed by atoms with Crippen LogP contribution in [0.3, 0.4) is 0 Å². The summed E-state index contributed by atoms with van der Waals surface area (Å²) in [5, 5.41) is 16.4. The number of aromatic nitrogens is 7. The lowest BCUT2D eigenvalue weighted by Crippen LogP contribution is -1.97. The van der Waals surface area contributed by atoms with Crippen molar-refractivity contribution in [2.75, 3.05) is 0 Å². The smallest absolute Gasteiger partial charge is 0.215 e. The molecule has 5 rings (SSSR count). The third-order valence-corrected chi connectivity index (χ3v) is 6.04. The van der Waals surface area contributed by atoms with Crippen molar-refractivity contribution in [3.05, 3.63) is 60.1 Å². The second-order valence-corrected chi connectivity index (χ2v) is 7.76. The van der Waals surface area contributed by atoms with Gasteiger partial charge >= 0.3 is 0 Å². The lowest BCUT2D eigenvalue weighted by molar-refractivity contribution is 0.664. The molecule has 0 N–H and O–H groups in total. The fraction of sp³-hybridized carbons (Fsp3) is 0.0526. The first kappa shape index (κ1) is 17.0. The molecule has 5 aromatic rings. The Bertz CT molecular complexity index is 1250. The topological polar surface area (TPSA) is 82.3 Å². The van der Waals surface area contributed by atoms with E-state index >= 15 is 0 Å². The lowest BCUT2D eigenvalue weighted by atomic mass is 10.1. The third-order valence-electron chi connectivity index (χ3n) is 4.15. The van der Waals surface area contributed by atoms with E-state index in [1.807, 2.05) is 43.4 Å². The first-order valence-corrected chi connectivity index (χ1v) is 10.2. The second kappa shape index (κ2) is 7.10.